The lowest BCUT2D eigenvalue weighted by molar-refractivity contribution is 0.478. The molecule has 1 rings (SSSR count). The zero-order valence-electron chi connectivity index (χ0n) is 10.5. The molecule has 94 valence electrons. The van der Waals surface area contributed by atoms with Crippen molar-refractivity contribution >= 4 is 17.3 Å². The van der Waals surface area contributed by atoms with Crippen molar-refractivity contribution in [1.29, 1.82) is 0 Å². The van der Waals surface area contributed by atoms with Crippen LogP contribution in [0.25, 0.3) is 0 Å². The number of halogens is 1. The van der Waals surface area contributed by atoms with Crippen molar-refractivity contribution < 1.29 is 4.39 Å². The van der Waals surface area contributed by atoms with Crippen molar-refractivity contribution in [3.63, 3.8) is 0 Å². The lowest BCUT2D eigenvalue weighted by atomic mass is 10.2. The molecule has 17 heavy (non-hydrogen) atoms. The van der Waals surface area contributed by atoms with Gasteiger partial charge in [-0.15, -0.1) is 0 Å². The smallest absolute Gasteiger partial charge is 0.168 e. The van der Waals surface area contributed by atoms with Crippen LogP contribution < -0.4 is 5.32 Å². The van der Waals surface area contributed by atoms with E-state index in [1.807, 2.05) is 18.0 Å². The Morgan fingerprint density at radius 3 is 2.76 bits per heavy atom. The molecule has 0 bridgehead atoms. The summed E-state index contributed by atoms with van der Waals surface area (Å²) >= 11 is 5.25. The summed E-state index contributed by atoms with van der Waals surface area (Å²) in [6.45, 7) is 5.72. The normalized spacial score (nSPS) is 10.4. The van der Waals surface area contributed by atoms with Gasteiger partial charge in [-0.25, -0.2) is 4.39 Å². The van der Waals surface area contributed by atoms with Crippen LogP contribution in [0.2, 0.25) is 0 Å². The van der Waals surface area contributed by atoms with Crippen LogP contribution in [0, 0.1) is 11.7 Å². The molecule has 0 spiro atoms. The minimum Gasteiger partial charge on any atom is -0.362 e. The number of benzene rings is 1. The van der Waals surface area contributed by atoms with E-state index in [0.717, 1.165) is 12.1 Å². The third kappa shape index (κ3) is 5.13. The van der Waals surface area contributed by atoms with Gasteiger partial charge in [-0.2, -0.15) is 0 Å². The van der Waals surface area contributed by atoms with Gasteiger partial charge in [0.05, 0.1) is 0 Å². The molecule has 0 atom stereocenters. The number of nitrogens with zero attached hydrogens (tertiary/aromatic N) is 1. The number of hydrogen-bond donors (Lipinski definition) is 1. The highest BCUT2D eigenvalue weighted by Crippen LogP contribution is 2.06. The second kappa shape index (κ2) is 6.55. The third-order valence-electron chi connectivity index (χ3n) is 2.32. The number of hydrogen-bond acceptors (Lipinski definition) is 1. The van der Waals surface area contributed by atoms with Crippen LogP contribution >= 0.6 is 12.2 Å². The summed E-state index contributed by atoms with van der Waals surface area (Å²) in [6, 6.07) is 6.58. The molecule has 0 radical (unpaired) electrons. The topological polar surface area (TPSA) is 15.3 Å². The van der Waals surface area contributed by atoms with Crippen LogP contribution in [-0.4, -0.2) is 23.6 Å². The standard InChI is InChI=1S/C13H19FN2S/c1-10(2)8-15-13(17)16(3)9-11-5-4-6-12(14)7-11/h4-7,10H,8-9H2,1-3H3,(H,15,17). The van der Waals surface area contributed by atoms with E-state index >= 15 is 0 Å². The molecule has 0 saturated heterocycles. The van der Waals surface area contributed by atoms with Crippen LogP contribution in [0.3, 0.4) is 0 Å². The summed E-state index contributed by atoms with van der Waals surface area (Å²) in [6.07, 6.45) is 0. The summed E-state index contributed by atoms with van der Waals surface area (Å²) in [4.78, 5) is 1.91. The van der Waals surface area contributed by atoms with Gasteiger partial charge >= 0.3 is 0 Å². The Hall–Kier alpha value is -1.16. The van der Waals surface area contributed by atoms with Crippen molar-refractivity contribution in [1.82, 2.24) is 10.2 Å². The predicted octanol–water partition coefficient (Wildman–Crippen LogP) is 2.79. The fourth-order valence-electron chi connectivity index (χ4n) is 1.41. The van der Waals surface area contributed by atoms with Crippen LogP contribution in [0.4, 0.5) is 4.39 Å². The molecule has 2 nitrogen and oxygen atoms in total. The zero-order valence-corrected chi connectivity index (χ0v) is 11.4. The first-order chi connectivity index (χ1) is 7.99. The fraction of sp³-hybridized carbons (Fsp3) is 0.462. The van der Waals surface area contributed by atoms with E-state index in [1.54, 1.807) is 6.07 Å². The fourth-order valence-corrected chi connectivity index (χ4v) is 1.56. The summed E-state index contributed by atoms with van der Waals surface area (Å²) in [5.74, 6) is 0.340. The average molecular weight is 254 g/mol. The van der Waals surface area contributed by atoms with Crippen LogP contribution in [0.1, 0.15) is 19.4 Å². The third-order valence-corrected chi connectivity index (χ3v) is 2.77. The highest BCUT2D eigenvalue weighted by molar-refractivity contribution is 7.80. The van der Waals surface area contributed by atoms with Gasteiger partial charge < -0.3 is 10.2 Å². The lowest BCUT2D eigenvalue weighted by Gasteiger charge is -2.22. The van der Waals surface area contributed by atoms with Gasteiger partial charge in [-0.05, 0) is 35.8 Å². The quantitative estimate of drug-likeness (QED) is 0.832. The summed E-state index contributed by atoms with van der Waals surface area (Å²) in [7, 11) is 1.90. The Balaban J connectivity index is 2.48. The van der Waals surface area contributed by atoms with Gasteiger partial charge in [-0.3, -0.25) is 0 Å². The van der Waals surface area contributed by atoms with Crippen molar-refractivity contribution in [2.24, 2.45) is 5.92 Å². The Bertz CT molecular complexity index is 379. The first-order valence-corrected chi connectivity index (χ1v) is 6.13. The molecule has 0 saturated carbocycles. The minimum absolute atomic E-state index is 0.211. The van der Waals surface area contributed by atoms with Crippen molar-refractivity contribution in [2.75, 3.05) is 13.6 Å². The van der Waals surface area contributed by atoms with E-state index in [2.05, 4.69) is 19.2 Å². The number of nitrogens with one attached hydrogen (secondary N) is 1. The predicted molar refractivity (Wildman–Crippen MR) is 73.3 cm³/mol. The molecule has 0 aliphatic heterocycles. The van der Waals surface area contributed by atoms with E-state index in [0.29, 0.717) is 17.6 Å². The van der Waals surface area contributed by atoms with Crippen molar-refractivity contribution in [2.45, 2.75) is 20.4 Å². The maximum absolute atomic E-state index is 13.0. The maximum Gasteiger partial charge on any atom is 0.168 e. The minimum atomic E-state index is -0.211. The van der Waals surface area contributed by atoms with Gasteiger partial charge in [0, 0.05) is 20.1 Å². The highest BCUT2D eigenvalue weighted by atomic mass is 32.1. The Morgan fingerprint density at radius 1 is 1.47 bits per heavy atom. The van der Waals surface area contributed by atoms with Gasteiger partial charge in [-0.1, -0.05) is 26.0 Å². The Morgan fingerprint density at radius 2 is 2.18 bits per heavy atom. The van der Waals surface area contributed by atoms with E-state index in [9.17, 15) is 4.39 Å². The van der Waals surface area contributed by atoms with Crippen LogP contribution in [-0.2, 0) is 6.54 Å². The van der Waals surface area contributed by atoms with Crippen molar-refractivity contribution in [3.8, 4) is 0 Å². The molecule has 0 aromatic heterocycles. The zero-order chi connectivity index (χ0) is 12.8. The summed E-state index contributed by atoms with van der Waals surface area (Å²) < 4.78 is 13.0. The number of thiocarbonyl (C=S) groups is 1. The molecule has 0 fully saturated rings. The molecule has 0 heterocycles. The summed E-state index contributed by atoms with van der Waals surface area (Å²) in [5.41, 5.74) is 0.918. The van der Waals surface area contributed by atoms with Gasteiger partial charge in [0.25, 0.3) is 0 Å². The highest BCUT2D eigenvalue weighted by Gasteiger charge is 2.05. The van der Waals surface area contributed by atoms with E-state index in [4.69, 9.17) is 12.2 Å². The molecular formula is C13H19FN2S. The first-order valence-electron chi connectivity index (χ1n) is 5.72. The maximum atomic E-state index is 13.0. The molecule has 4 heteroatoms. The average Bonchev–Trinajstić information content (AvgIpc) is 2.25. The molecule has 0 unspecified atom stereocenters. The second-order valence-electron chi connectivity index (χ2n) is 4.57. The van der Waals surface area contributed by atoms with E-state index in [1.165, 1.54) is 12.1 Å². The van der Waals surface area contributed by atoms with E-state index < -0.39 is 0 Å². The van der Waals surface area contributed by atoms with Crippen LogP contribution in [0.5, 0.6) is 0 Å². The number of rotatable bonds is 4. The van der Waals surface area contributed by atoms with Gasteiger partial charge in [0.15, 0.2) is 5.11 Å². The van der Waals surface area contributed by atoms with E-state index in [-0.39, 0.29) is 5.82 Å². The van der Waals surface area contributed by atoms with Crippen molar-refractivity contribution in [3.05, 3.63) is 35.6 Å². The molecule has 0 aliphatic rings. The molecule has 1 aromatic rings. The van der Waals surface area contributed by atoms with Gasteiger partial charge in [0.1, 0.15) is 5.82 Å². The molecular weight excluding hydrogens is 235 g/mol. The SMILES string of the molecule is CC(C)CNC(=S)N(C)Cc1cccc(F)c1. The van der Waals surface area contributed by atoms with Crippen LogP contribution in [0.15, 0.2) is 24.3 Å². The monoisotopic (exact) mass is 254 g/mol. The summed E-state index contributed by atoms with van der Waals surface area (Å²) in [5, 5.41) is 3.88. The molecule has 1 aromatic carbocycles. The largest absolute Gasteiger partial charge is 0.362 e. The lowest BCUT2D eigenvalue weighted by Crippen LogP contribution is -2.38. The molecule has 1 N–H and O–H groups in total. The second-order valence-corrected chi connectivity index (χ2v) is 4.95. The first kappa shape index (κ1) is 13.9. The van der Waals surface area contributed by atoms with Gasteiger partial charge in [0.2, 0.25) is 0 Å². The Kier molecular flexibility index (Phi) is 5.35. The molecule has 0 aliphatic carbocycles. The molecule has 0 amide bonds. The Labute approximate surface area is 108 Å².